The summed E-state index contributed by atoms with van der Waals surface area (Å²) < 4.78 is 5.13. The highest BCUT2D eigenvalue weighted by molar-refractivity contribution is 5.95. The second kappa shape index (κ2) is 6.38. The van der Waals surface area contributed by atoms with Crippen molar-refractivity contribution in [3.63, 3.8) is 0 Å². The van der Waals surface area contributed by atoms with Crippen LogP contribution in [-0.4, -0.2) is 32.0 Å². The van der Waals surface area contributed by atoms with Crippen LogP contribution in [-0.2, 0) is 9.59 Å². The number of benzene rings is 1. The van der Waals surface area contributed by atoms with Crippen LogP contribution in [0.3, 0.4) is 0 Å². The normalized spacial score (nSPS) is 18.5. The molecule has 1 heterocycles. The minimum atomic E-state index is -0.404. The number of nitrogens with zero attached hydrogens (tertiary/aromatic N) is 1. The molecule has 120 valence electrons. The van der Waals surface area contributed by atoms with Crippen LogP contribution >= 0.6 is 0 Å². The van der Waals surface area contributed by atoms with E-state index < -0.39 is 5.41 Å². The fourth-order valence-electron chi connectivity index (χ4n) is 2.43. The van der Waals surface area contributed by atoms with Gasteiger partial charge in [0, 0.05) is 36.5 Å². The standard InChI is InChI=1S/C17H24N2O3/c1-17(2,3)16(21)18-10-12-9-15(20)19(11-12)13-5-7-14(22-4)8-6-13/h5-8,12H,9-11H2,1-4H3,(H,18,21). The molecule has 2 rings (SSSR count). The van der Waals surface area contributed by atoms with E-state index in [0.717, 1.165) is 11.4 Å². The molecular formula is C17H24N2O3. The Labute approximate surface area is 131 Å². The maximum absolute atomic E-state index is 12.2. The maximum atomic E-state index is 12.2. The Balaban J connectivity index is 1.94. The monoisotopic (exact) mass is 304 g/mol. The summed E-state index contributed by atoms with van der Waals surface area (Å²) in [6.45, 7) is 6.81. The van der Waals surface area contributed by atoms with E-state index in [1.807, 2.05) is 45.0 Å². The predicted molar refractivity (Wildman–Crippen MR) is 85.9 cm³/mol. The van der Waals surface area contributed by atoms with Gasteiger partial charge in [0.25, 0.3) is 0 Å². The van der Waals surface area contributed by atoms with Crippen LogP contribution in [0.15, 0.2) is 24.3 Å². The summed E-state index contributed by atoms with van der Waals surface area (Å²) in [6.07, 6.45) is 0.469. The molecule has 2 amide bonds. The summed E-state index contributed by atoms with van der Waals surface area (Å²) in [4.78, 5) is 25.8. The Morgan fingerprint density at radius 2 is 1.95 bits per heavy atom. The Bertz CT molecular complexity index is 546. The van der Waals surface area contributed by atoms with Gasteiger partial charge in [0.15, 0.2) is 0 Å². The third-order valence-corrected chi connectivity index (χ3v) is 3.82. The number of carbonyl (C=O) groups is 2. The number of rotatable bonds is 4. The number of ether oxygens (including phenoxy) is 1. The molecule has 5 nitrogen and oxygen atoms in total. The molecule has 5 heteroatoms. The molecule has 0 bridgehead atoms. The van der Waals surface area contributed by atoms with Crippen LogP contribution in [0.25, 0.3) is 0 Å². The lowest BCUT2D eigenvalue weighted by atomic mass is 9.95. The molecule has 1 atom stereocenters. The highest BCUT2D eigenvalue weighted by Gasteiger charge is 2.31. The summed E-state index contributed by atoms with van der Waals surface area (Å²) in [5.41, 5.74) is 0.466. The van der Waals surface area contributed by atoms with Crippen molar-refractivity contribution in [3.8, 4) is 5.75 Å². The Morgan fingerprint density at radius 1 is 1.32 bits per heavy atom. The second-order valence-electron chi connectivity index (χ2n) is 6.73. The van der Waals surface area contributed by atoms with Gasteiger partial charge in [0.05, 0.1) is 7.11 Å². The van der Waals surface area contributed by atoms with Crippen LogP contribution in [0.2, 0.25) is 0 Å². The van der Waals surface area contributed by atoms with Gasteiger partial charge in [-0.05, 0) is 24.3 Å². The van der Waals surface area contributed by atoms with E-state index in [9.17, 15) is 9.59 Å². The third kappa shape index (κ3) is 3.78. The summed E-state index contributed by atoms with van der Waals surface area (Å²) in [5.74, 6) is 1.04. The lowest BCUT2D eigenvalue weighted by Gasteiger charge is -2.20. The molecule has 0 spiro atoms. The van der Waals surface area contributed by atoms with Crippen molar-refractivity contribution in [1.82, 2.24) is 5.32 Å². The molecule has 0 aliphatic carbocycles. The van der Waals surface area contributed by atoms with Crippen LogP contribution in [0, 0.1) is 11.3 Å². The molecule has 0 aromatic heterocycles. The summed E-state index contributed by atoms with van der Waals surface area (Å²) in [6, 6.07) is 7.45. The van der Waals surface area contributed by atoms with E-state index in [1.54, 1.807) is 12.0 Å². The molecule has 1 unspecified atom stereocenters. The molecule has 1 aliphatic rings. The molecule has 1 aliphatic heterocycles. The first kappa shape index (κ1) is 16.3. The summed E-state index contributed by atoms with van der Waals surface area (Å²) >= 11 is 0. The highest BCUT2D eigenvalue weighted by Crippen LogP contribution is 2.26. The van der Waals surface area contributed by atoms with E-state index in [1.165, 1.54) is 0 Å². The van der Waals surface area contributed by atoms with Crippen molar-refractivity contribution in [1.29, 1.82) is 0 Å². The quantitative estimate of drug-likeness (QED) is 0.928. The van der Waals surface area contributed by atoms with Gasteiger partial charge in [-0.3, -0.25) is 9.59 Å². The average Bonchev–Trinajstić information content (AvgIpc) is 2.85. The van der Waals surface area contributed by atoms with E-state index >= 15 is 0 Å². The molecule has 1 aromatic carbocycles. The van der Waals surface area contributed by atoms with Gasteiger partial charge in [-0.2, -0.15) is 0 Å². The van der Waals surface area contributed by atoms with Crippen molar-refractivity contribution in [2.24, 2.45) is 11.3 Å². The molecule has 0 radical (unpaired) electrons. The van der Waals surface area contributed by atoms with Crippen LogP contribution in [0.5, 0.6) is 5.75 Å². The smallest absolute Gasteiger partial charge is 0.227 e. The SMILES string of the molecule is COc1ccc(N2CC(CNC(=O)C(C)(C)C)CC2=O)cc1. The Morgan fingerprint density at radius 3 is 2.50 bits per heavy atom. The lowest BCUT2D eigenvalue weighted by Crippen LogP contribution is -2.38. The van der Waals surface area contributed by atoms with E-state index in [2.05, 4.69) is 5.32 Å². The number of methoxy groups -OCH3 is 1. The molecule has 22 heavy (non-hydrogen) atoms. The van der Waals surface area contributed by atoms with Crippen molar-refractivity contribution >= 4 is 17.5 Å². The molecule has 1 aromatic rings. The van der Waals surface area contributed by atoms with Crippen molar-refractivity contribution in [2.45, 2.75) is 27.2 Å². The fraction of sp³-hybridized carbons (Fsp3) is 0.529. The van der Waals surface area contributed by atoms with Crippen LogP contribution < -0.4 is 15.0 Å². The zero-order valence-electron chi connectivity index (χ0n) is 13.7. The molecular weight excluding hydrogens is 280 g/mol. The molecule has 1 saturated heterocycles. The Hall–Kier alpha value is -2.04. The van der Waals surface area contributed by atoms with Crippen molar-refractivity contribution < 1.29 is 14.3 Å². The molecule has 1 N–H and O–H groups in total. The number of anilines is 1. The van der Waals surface area contributed by atoms with Gasteiger partial charge in [-0.25, -0.2) is 0 Å². The van der Waals surface area contributed by atoms with E-state index in [4.69, 9.17) is 4.74 Å². The van der Waals surface area contributed by atoms with Crippen LogP contribution in [0.1, 0.15) is 27.2 Å². The first-order chi connectivity index (χ1) is 10.3. The van der Waals surface area contributed by atoms with Gasteiger partial charge >= 0.3 is 0 Å². The van der Waals surface area contributed by atoms with Crippen molar-refractivity contribution in [3.05, 3.63) is 24.3 Å². The zero-order chi connectivity index (χ0) is 16.3. The topological polar surface area (TPSA) is 58.6 Å². The van der Waals surface area contributed by atoms with Gasteiger partial charge in [0.1, 0.15) is 5.75 Å². The number of hydrogen-bond acceptors (Lipinski definition) is 3. The minimum Gasteiger partial charge on any atom is -0.497 e. The fourth-order valence-corrected chi connectivity index (χ4v) is 2.43. The van der Waals surface area contributed by atoms with Gasteiger partial charge in [-0.15, -0.1) is 0 Å². The predicted octanol–water partition coefficient (Wildman–Crippen LogP) is 2.21. The van der Waals surface area contributed by atoms with E-state index in [0.29, 0.717) is 19.5 Å². The highest BCUT2D eigenvalue weighted by atomic mass is 16.5. The van der Waals surface area contributed by atoms with Crippen molar-refractivity contribution in [2.75, 3.05) is 25.1 Å². The van der Waals surface area contributed by atoms with Gasteiger partial charge < -0.3 is 15.0 Å². The number of amides is 2. The first-order valence-corrected chi connectivity index (χ1v) is 7.54. The summed E-state index contributed by atoms with van der Waals surface area (Å²) in [5, 5.41) is 2.94. The second-order valence-corrected chi connectivity index (χ2v) is 6.73. The van der Waals surface area contributed by atoms with Gasteiger partial charge in [-0.1, -0.05) is 20.8 Å². The average molecular weight is 304 g/mol. The number of carbonyl (C=O) groups excluding carboxylic acids is 2. The maximum Gasteiger partial charge on any atom is 0.227 e. The third-order valence-electron chi connectivity index (χ3n) is 3.82. The summed E-state index contributed by atoms with van der Waals surface area (Å²) in [7, 11) is 1.62. The first-order valence-electron chi connectivity index (χ1n) is 7.54. The number of hydrogen-bond donors (Lipinski definition) is 1. The van der Waals surface area contributed by atoms with E-state index in [-0.39, 0.29) is 17.7 Å². The van der Waals surface area contributed by atoms with Crippen LogP contribution in [0.4, 0.5) is 5.69 Å². The molecule has 0 saturated carbocycles. The zero-order valence-corrected chi connectivity index (χ0v) is 13.7. The molecule has 1 fully saturated rings. The number of nitrogens with one attached hydrogen (secondary N) is 1. The van der Waals surface area contributed by atoms with Gasteiger partial charge in [0.2, 0.25) is 11.8 Å². The lowest BCUT2D eigenvalue weighted by molar-refractivity contribution is -0.128. The Kier molecular flexibility index (Phi) is 4.74. The largest absolute Gasteiger partial charge is 0.497 e. The minimum absolute atomic E-state index is 0.0165.